The van der Waals surface area contributed by atoms with Crippen molar-refractivity contribution in [2.75, 3.05) is 12.3 Å². The van der Waals surface area contributed by atoms with Gasteiger partial charge in [0.05, 0.1) is 24.3 Å². The van der Waals surface area contributed by atoms with Crippen molar-refractivity contribution >= 4 is 27.1 Å². The number of hydrogen-bond donors (Lipinski definition) is 6. The van der Waals surface area contributed by atoms with Gasteiger partial charge in [-0.1, -0.05) is 27.7 Å². The minimum absolute atomic E-state index is 0. The summed E-state index contributed by atoms with van der Waals surface area (Å²) in [6, 6.07) is 0.278. The summed E-state index contributed by atoms with van der Waals surface area (Å²) in [6.45, 7) is 8.42. The van der Waals surface area contributed by atoms with Crippen LogP contribution in [0.5, 0.6) is 0 Å². The van der Waals surface area contributed by atoms with Crippen LogP contribution in [0.1, 0.15) is 27.7 Å². The molecule has 0 aromatic heterocycles. The molecule has 0 aliphatic carbocycles. The second-order valence-corrected chi connectivity index (χ2v) is 9.32. The smallest absolute Gasteiger partial charge is 0.549 e. The fraction of sp³-hybridized carbons (Fsp3) is 0.833. The van der Waals surface area contributed by atoms with Gasteiger partial charge in [0.2, 0.25) is 0 Å². The van der Waals surface area contributed by atoms with E-state index in [4.69, 9.17) is 31.0 Å². The van der Waals surface area contributed by atoms with Crippen molar-refractivity contribution in [2.45, 2.75) is 39.8 Å². The number of nitrogens with two attached hydrogens (primary N) is 2. The van der Waals surface area contributed by atoms with E-state index in [1.165, 1.54) is 0 Å². The maximum Gasteiger partial charge on any atom is 2.00 e. The van der Waals surface area contributed by atoms with E-state index in [9.17, 15) is 28.9 Å². The summed E-state index contributed by atoms with van der Waals surface area (Å²) in [5.74, 6) is -2.51. The number of aliphatic carboxylic acids is 2. The Kier molecular flexibility index (Phi) is 20.0. The number of carbonyl (C=O) groups is 2. The Labute approximate surface area is 172 Å². The molecule has 27 heavy (non-hydrogen) atoms. The standard InChI is InChI=1S/C8H20N2.2C2H5O5P.Pt/c1-5(2)7(9)8(10)6(3)4;2*3-2(4)1-8(5,6)7;/h5-8H,9-10H2,1-4H3;2*1H2,(H,3,4)(H2,5,6,7);/q;;;+2/p-2. The first-order chi connectivity index (χ1) is 11.3. The third-order valence-electron chi connectivity index (χ3n) is 2.65. The minimum Gasteiger partial charge on any atom is -0.549 e. The van der Waals surface area contributed by atoms with Crippen molar-refractivity contribution in [1.82, 2.24) is 0 Å². The molecule has 12 nitrogen and oxygen atoms in total. The van der Waals surface area contributed by atoms with E-state index >= 15 is 0 Å². The van der Waals surface area contributed by atoms with Gasteiger partial charge in [-0.05, 0) is 11.8 Å². The van der Waals surface area contributed by atoms with E-state index in [0.717, 1.165) is 0 Å². The quantitative estimate of drug-likeness (QED) is 0.155. The average molecular weight is 617 g/mol. The van der Waals surface area contributed by atoms with Crippen LogP contribution in [0.25, 0.3) is 0 Å². The molecular formula is C12H28N2O10P2Pt. The molecule has 0 radical (unpaired) electrons. The van der Waals surface area contributed by atoms with Crippen molar-refractivity contribution < 1.29 is 69.6 Å². The zero-order valence-electron chi connectivity index (χ0n) is 15.3. The van der Waals surface area contributed by atoms with Crippen LogP contribution in [-0.4, -0.2) is 55.9 Å². The Morgan fingerprint density at radius 3 is 1.00 bits per heavy atom. The number of carboxylic acid groups (broad SMARTS) is 2. The zero-order valence-corrected chi connectivity index (χ0v) is 19.4. The SMILES string of the molecule is CC(C)C(N)C(N)C(C)C.O=C([O-])CP(=O)(O)O.O=C([O-])CP(=O)(O)O.[Pt+2]. The van der Waals surface area contributed by atoms with Crippen molar-refractivity contribution in [3.05, 3.63) is 0 Å². The molecule has 0 spiro atoms. The number of carboxylic acids is 2. The summed E-state index contributed by atoms with van der Waals surface area (Å²) in [6.07, 6.45) is -2.40. The fourth-order valence-corrected chi connectivity index (χ4v) is 1.90. The third-order valence-corrected chi connectivity index (χ3v) is 3.99. The molecule has 15 heteroatoms. The fourth-order valence-electron chi connectivity index (χ4n) is 1.23. The van der Waals surface area contributed by atoms with Crippen LogP contribution in [-0.2, 0) is 39.8 Å². The van der Waals surface area contributed by atoms with E-state index in [1.807, 2.05) is 0 Å². The molecule has 0 saturated carbocycles. The predicted octanol–water partition coefficient (Wildman–Crippen LogP) is -3.22. The second kappa shape index (κ2) is 15.7. The van der Waals surface area contributed by atoms with Gasteiger partial charge in [0.1, 0.15) is 0 Å². The first-order valence-corrected chi connectivity index (χ1v) is 10.9. The maximum atomic E-state index is 9.72. The van der Waals surface area contributed by atoms with Crippen molar-refractivity contribution in [1.29, 1.82) is 0 Å². The molecule has 2 atom stereocenters. The Balaban J connectivity index is -0.000000146. The molecule has 0 saturated heterocycles. The van der Waals surface area contributed by atoms with E-state index in [-0.39, 0.29) is 33.1 Å². The molecule has 0 aliphatic rings. The van der Waals surface area contributed by atoms with Gasteiger partial charge in [0.15, 0.2) is 0 Å². The minimum atomic E-state index is -4.38. The Bertz CT molecular complexity index is 474. The van der Waals surface area contributed by atoms with E-state index in [2.05, 4.69) is 27.7 Å². The molecular weight excluding hydrogens is 589 g/mol. The van der Waals surface area contributed by atoms with Crippen LogP contribution in [0.15, 0.2) is 0 Å². The molecule has 2 unspecified atom stereocenters. The van der Waals surface area contributed by atoms with Crippen LogP contribution >= 0.6 is 15.2 Å². The van der Waals surface area contributed by atoms with Crippen LogP contribution < -0.4 is 21.7 Å². The number of carbonyl (C=O) groups excluding carboxylic acids is 2. The van der Waals surface area contributed by atoms with E-state index in [0.29, 0.717) is 11.8 Å². The molecule has 0 aromatic rings. The Hall–Kier alpha value is -0.152. The topological polar surface area (TPSA) is 247 Å². The second-order valence-electron chi connectivity index (χ2n) is 6.03. The van der Waals surface area contributed by atoms with Crippen molar-refractivity contribution in [3.8, 4) is 0 Å². The van der Waals surface area contributed by atoms with Crippen LogP contribution in [0.3, 0.4) is 0 Å². The predicted molar refractivity (Wildman–Crippen MR) is 89.5 cm³/mol. The summed E-state index contributed by atoms with van der Waals surface area (Å²) in [5, 5.41) is 18.8. The molecule has 0 heterocycles. The van der Waals surface area contributed by atoms with Gasteiger partial charge in [0.25, 0.3) is 0 Å². The first-order valence-electron chi connectivity index (χ1n) is 7.30. The molecule has 0 bridgehead atoms. The summed E-state index contributed by atoms with van der Waals surface area (Å²) in [7, 11) is -8.77. The van der Waals surface area contributed by atoms with Crippen molar-refractivity contribution in [3.63, 3.8) is 0 Å². The summed E-state index contributed by atoms with van der Waals surface area (Å²) in [5.41, 5.74) is 11.7. The van der Waals surface area contributed by atoms with Gasteiger partial charge in [0, 0.05) is 12.1 Å². The largest absolute Gasteiger partial charge is 2.00 e. The Morgan fingerprint density at radius 2 is 0.963 bits per heavy atom. The first kappa shape index (κ1) is 34.4. The van der Waals surface area contributed by atoms with Gasteiger partial charge in [-0.25, -0.2) is 0 Å². The summed E-state index contributed by atoms with van der Waals surface area (Å²) < 4.78 is 19.4. The van der Waals surface area contributed by atoms with Gasteiger partial charge < -0.3 is 50.8 Å². The van der Waals surface area contributed by atoms with Crippen LogP contribution in [0.4, 0.5) is 0 Å². The monoisotopic (exact) mass is 617 g/mol. The zero-order chi connectivity index (χ0) is 21.9. The van der Waals surface area contributed by atoms with Crippen molar-refractivity contribution in [2.24, 2.45) is 23.3 Å². The van der Waals surface area contributed by atoms with E-state index < -0.39 is 39.5 Å². The maximum absolute atomic E-state index is 9.72. The van der Waals surface area contributed by atoms with E-state index in [1.54, 1.807) is 0 Å². The number of hydrogen-bond acceptors (Lipinski definition) is 8. The Morgan fingerprint density at radius 1 is 0.778 bits per heavy atom. The summed E-state index contributed by atoms with van der Waals surface area (Å²) in [4.78, 5) is 50.3. The number of rotatable bonds is 7. The molecule has 166 valence electrons. The van der Waals surface area contributed by atoms with Gasteiger partial charge in [-0.2, -0.15) is 0 Å². The van der Waals surface area contributed by atoms with Gasteiger partial charge >= 0.3 is 36.3 Å². The third kappa shape index (κ3) is 30.8. The molecule has 8 N–H and O–H groups in total. The molecule has 0 aliphatic heterocycles. The normalized spacial score (nSPS) is 13.3. The van der Waals surface area contributed by atoms with Gasteiger partial charge in [-0.3, -0.25) is 9.13 Å². The molecule has 0 rings (SSSR count). The average Bonchev–Trinajstić information content (AvgIpc) is 2.31. The van der Waals surface area contributed by atoms with Gasteiger partial charge in [-0.15, -0.1) is 0 Å². The summed E-state index contributed by atoms with van der Waals surface area (Å²) >= 11 is 0. The molecule has 0 amide bonds. The van der Waals surface area contributed by atoms with Crippen LogP contribution in [0, 0.1) is 11.8 Å². The molecule has 0 fully saturated rings. The van der Waals surface area contributed by atoms with Crippen LogP contribution in [0.2, 0.25) is 0 Å². The molecule has 0 aromatic carbocycles.